The minimum Gasteiger partial charge on any atom is -0.493 e. The Morgan fingerprint density at radius 2 is 1.43 bits per heavy atom. The third-order valence-electron chi connectivity index (χ3n) is 6.24. The molecular weight excluding hydrogens is 472 g/mol. The normalized spacial score (nSPS) is 21.3. The number of halogens is 1. The van der Waals surface area contributed by atoms with E-state index in [1.807, 2.05) is 30.3 Å². The smallest absolute Gasteiger partial charge is 0.266 e. The molecule has 2 fully saturated rings. The zero-order valence-electron chi connectivity index (χ0n) is 19.3. The molecule has 0 radical (unpaired) electrons. The molecule has 5 rings (SSSR count). The summed E-state index contributed by atoms with van der Waals surface area (Å²) < 4.78 is 16.5. The van der Waals surface area contributed by atoms with Crippen LogP contribution in [0.15, 0.2) is 66.7 Å². The van der Waals surface area contributed by atoms with Crippen LogP contribution in [0.1, 0.15) is 11.6 Å². The number of fused-ring (bicyclic) bond motifs is 1. The minimum atomic E-state index is -0.998. The van der Waals surface area contributed by atoms with Crippen molar-refractivity contribution in [3.05, 3.63) is 77.3 Å². The van der Waals surface area contributed by atoms with Gasteiger partial charge in [0.15, 0.2) is 17.6 Å². The number of hydrogen-bond acceptors (Lipinski definition) is 7. The zero-order valence-corrected chi connectivity index (χ0v) is 20.1. The summed E-state index contributed by atoms with van der Waals surface area (Å²) in [5.74, 6) is -0.301. The van der Waals surface area contributed by atoms with E-state index in [4.69, 9.17) is 30.6 Å². The molecule has 2 saturated heterocycles. The van der Waals surface area contributed by atoms with Crippen LogP contribution in [0.25, 0.3) is 0 Å². The topological polar surface area (TPSA) is 77.5 Å². The average molecular weight is 495 g/mol. The second-order valence-corrected chi connectivity index (χ2v) is 8.54. The Labute approximate surface area is 207 Å². The molecule has 3 atom stereocenters. The molecule has 2 aliphatic heterocycles. The van der Waals surface area contributed by atoms with Crippen molar-refractivity contribution < 1.29 is 28.6 Å². The van der Waals surface area contributed by atoms with Crippen molar-refractivity contribution in [2.45, 2.75) is 12.1 Å². The van der Waals surface area contributed by atoms with Crippen LogP contribution in [0.2, 0.25) is 5.02 Å². The summed E-state index contributed by atoms with van der Waals surface area (Å²) in [6.07, 6.45) is -0.998. The number of methoxy groups -OCH3 is 3. The predicted molar refractivity (Wildman–Crippen MR) is 130 cm³/mol. The van der Waals surface area contributed by atoms with Crippen LogP contribution in [-0.2, 0) is 14.4 Å². The molecule has 0 bridgehead atoms. The number of carbonyl (C=O) groups is 2. The number of para-hydroxylation sites is 1. The number of hydrogen-bond donors (Lipinski definition) is 0. The van der Waals surface area contributed by atoms with Gasteiger partial charge in [-0.25, -0.2) is 9.96 Å². The van der Waals surface area contributed by atoms with E-state index in [2.05, 4.69) is 0 Å². The third-order valence-corrected chi connectivity index (χ3v) is 6.49. The summed E-state index contributed by atoms with van der Waals surface area (Å²) in [6, 6.07) is 18.8. The second-order valence-electron chi connectivity index (χ2n) is 8.10. The summed E-state index contributed by atoms with van der Waals surface area (Å²) in [7, 11) is 4.57. The Morgan fingerprint density at radius 1 is 0.800 bits per heavy atom. The van der Waals surface area contributed by atoms with Crippen LogP contribution in [0.3, 0.4) is 0 Å². The van der Waals surface area contributed by atoms with Crippen LogP contribution < -0.4 is 24.2 Å². The lowest BCUT2D eigenvalue weighted by atomic mass is 9.90. The minimum absolute atomic E-state index is 0.362. The third kappa shape index (κ3) is 3.75. The molecule has 35 heavy (non-hydrogen) atoms. The van der Waals surface area contributed by atoms with E-state index in [9.17, 15) is 9.59 Å². The molecule has 2 heterocycles. The van der Waals surface area contributed by atoms with Gasteiger partial charge in [-0.3, -0.25) is 14.4 Å². The molecule has 9 heteroatoms. The largest absolute Gasteiger partial charge is 0.493 e. The molecule has 0 spiro atoms. The van der Waals surface area contributed by atoms with Crippen LogP contribution >= 0.6 is 11.6 Å². The van der Waals surface area contributed by atoms with E-state index < -0.39 is 24.0 Å². The maximum atomic E-state index is 13.8. The lowest BCUT2D eigenvalue weighted by Gasteiger charge is -2.29. The number of rotatable bonds is 6. The number of hydroxylamine groups is 1. The molecule has 0 saturated carbocycles. The Morgan fingerprint density at radius 3 is 2.00 bits per heavy atom. The fourth-order valence-corrected chi connectivity index (χ4v) is 4.79. The van der Waals surface area contributed by atoms with Gasteiger partial charge in [0.25, 0.3) is 5.91 Å². The van der Waals surface area contributed by atoms with E-state index in [1.54, 1.807) is 41.5 Å². The molecule has 2 aliphatic rings. The zero-order chi connectivity index (χ0) is 24.7. The van der Waals surface area contributed by atoms with Gasteiger partial charge in [-0.05, 0) is 54.1 Å². The Bertz CT molecular complexity index is 1240. The molecular formula is C26H23ClN2O6. The highest BCUT2D eigenvalue weighted by molar-refractivity contribution is 6.31. The molecule has 180 valence electrons. The molecule has 0 aromatic heterocycles. The Hall–Kier alpha value is -3.75. The number of benzene rings is 3. The number of anilines is 2. The van der Waals surface area contributed by atoms with Gasteiger partial charge in [-0.1, -0.05) is 29.8 Å². The molecule has 2 amide bonds. The first-order chi connectivity index (χ1) is 17.0. The maximum absolute atomic E-state index is 13.8. The summed E-state index contributed by atoms with van der Waals surface area (Å²) >= 11 is 6.01. The number of nitrogens with zero attached hydrogens (tertiary/aromatic N) is 2. The van der Waals surface area contributed by atoms with Crippen molar-refractivity contribution in [2.24, 2.45) is 5.92 Å². The van der Waals surface area contributed by atoms with E-state index in [-0.39, 0.29) is 5.91 Å². The highest BCUT2D eigenvalue weighted by Crippen LogP contribution is 2.50. The van der Waals surface area contributed by atoms with Gasteiger partial charge in [0.2, 0.25) is 11.7 Å². The first-order valence-electron chi connectivity index (χ1n) is 10.9. The predicted octanol–water partition coefficient (Wildman–Crippen LogP) is 4.42. The van der Waals surface area contributed by atoms with E-state index in [0.717, 1.165) is 0 Å². The van der Waals surface area contributed by atoms with Crippen molar-refractivity contribution in [2.75, 3.05) is 31.3 Å². The van der Waals surface area contributed by atoms with Crippen LogP contribution in [0.5, 0.6) is 17.2 Å². The Kier molecular flexibility index (Phi) is 6.00. The van der Waals surface area contributed by atoms with Crippen LogP contribution in [0.4, 0.5) is 11.4 Å². The monoisotopic (exact) mass is 494 g/mol. The second kappa shape index (κ2) is 9.13. The standard InChI is InChI=1S/C26H23ClN2O6/c1-32-19-13-15(14-20(33-2)23(19)34-3)22-21-24(35-29(22)18-7-5-4-6-8-18)26(31)28(25(21)30)17-11-9-16(27)10-12-17/h4-14,21-22,24H,1-3H3/t21-,22+,24-/m1/s1. The molecule has 8 nitrogen and oxygen atoms in total. The average Bonchev–Trinajstić information content (AvgIpc) is 3.40. The number of carbonyl (C=O) groups excluding carboxylic acids is 2. The highest BCUT2D eigenvalue weighted by atomic mass is 35.5. The van der Waals surface area contributed by atoms with E-state index in [0.29, 0.717) is 39.2 Å². The van der Waals surface area contributed by atoms with Crippen molar-refractivity contribution in [3.63, 3.8) is 0 Å². The maximum Gasteiger partial charge on any atom is 0.266 e. The lowest BCUT2D eigenvalue weighted by Crippen LogP contribution is -2.37. The summed E-state index contributed by atoms with van der Waals surface area (Å²) in [5, 5.41) is 2.13. The van der Waals surface area contributed by atoms with Gasteiger partial charge in [-0.15, -0.1) is 0 Å². The van der Waals surface area contributed by atoms with Crippen molar-refractivity contribution in [3.8, 4) is 17.2 Å². The van der Waals surface area contributed by atoms with Gasteiger partial charge < -0.3 is 14.2 Å². The van der Waals surface area contributed by atoms with Crippen molar-refractivity contribution in [1.82, 2.24) is 0 Å². The molecule has 0 unspecified atom stereocenters. The van der Waals surface area contributed by atoms with Crippen LogP contribution in [0, 0.1) is 5.92 Å². The highest BCUT2D eigenvalue weighted by Gasteiger charge is 2.60. The summed E-state index contributed by atoms with van der Waals surface area (Å²) in [5.41, 5.74) is 1.83. The first kappa shape index (κ1) is 23.0. The first-order valence-corrected chi connectivity index (χ1v) is 11.3. The van der Waals surface area contributed by atoms with Gasteiger partial charge in [0.1, 0.15) is 5.92 Å². The molecule has 0 N–H and O–H groups in total. The molecule has 3 aromatic carbocycles. The van der Waals surface area contributed by atoms with Gasteiger partial charge in [0, 0.05) is 5.02 Å². The fourth-order valence-electron chi connectivity index (χ4n) is 4.67. The molecule has 0 aliphatic carbocycles. The Balaban J connectivity index is 1.64. The summed E-state index contributed by atoms with van der Waals surface area (Å²) in [4.78, 5) is 34.5. The fraction of sp³-hybridized carbons (Fsp3) is 0.231. The van der Waals surface area contributed by atoms with Gasteiger partial charge >= 0.3 is 0 Å². The van der Waals surface area contributed by atoms with Crippen LogP contribution in [-0.4, -0.2) is 39.2 Å². The van der Waals surface area contributed by atoms with Gasteiger partial charge in [0.05, 0.1) is 38.7 Å². The van der Waals surface area contributed by atoms with E-state index in [1.165, 1.54) is 26.2 Å². The van der Waals surface area contributed by atoms with E-state index >= 15 is 0 Å². The quantitative estimate of drug-likeness (QED) is 0.469. The SMILES string of the molecule is COc1cc([C@H]2[C@H]3C(=O)N(c4ccc(Cl)cc4)C(=O)[C@@H]3ON2c2ccccc2)cc(OC)c1OC. The van der Waals surface area contributed by atoms with Crippen molar-refractivity contribution >= 4 is 34.8 Å². The molecule has 3 aromatic rings. The number of ether oxygens (including phenoxy) is 3. The number of amides is 2. The van der Waals surface area contributed by atoms with Gasteiger partial charge in [-0.2, -0.15) is 0 Å². The van der Waals surface area contributed by atoms with Crippen molar-refractivity contribution in [1.29, 1.82) is 0 Å². The lowest BCUT2D eigenvalue weighted by molar-refractivity contribution is -0.126. The number of imide groups is 1. The summed E-state index contributed by atoms with van der Waals surface area (Å²) in [6.45, 7) is 0.